The summed E-state index contributed by atoms with van der Waals surface area (Å²) >= 11 is 6.15. The largest absolute Gasteiger partial charge is 0.487 e. The fourth-order valence-corrected chi connectivity index (χ4v) is 3.02. The first-order valence-corrected chi connectivity index (χ1v) is 10.9. The topological polar surface area (TPSA) is 57.7 Å². The third kappa shape index (κ3) is 7.13. The summed E-state index contributed by atoms with van der Waals surface area (Å²) in [6, 6.07) is 16.7. The van der Waals surface area contributed by atoms with Gasteiger partial charge in [0.25, 0.3) is 0 Å². The van der Waals surface area contributed by atoms with E-state index < -0.39 is 0 Å². The molecule has 0 amide bonds. The molecule has 0 saturated carbocycles. The highest BCUT2D eigenvalue weighted by Gasteiger charge is 2.05. The number of carbonyl (C=O) groups is 1. The van der Waals surface area contributed by atoms with Crippen LogP contribution in [0, 0.1) is 6.92 Å². The van der Waals surface area contributed by atoms with Gasteiger partial charge in [-0.3, -0.25) is 0 Å². The first kappa shape index (κ1) is 23.4. The normalized spacial score (nSPS) is 10.8. The number of aromatic nitrogens is 1. The summed E-state index contributed by atoms with van der Waals surface area (Å²) in [4.78, 5) is 16.0. The lowest BCUT2D eigenvalue weighted by atomic mass is 10.1. The summed E-state index contributed by atoms with van der Waals surface area (Å²) in [5.74, 6) is 1.40. The zero-order valence-corrected chi connectivity index (χ0v) is 19.0. The molecule has 3 rings (SSSR count). The van der Waals surface area contributed by atoms with Crippen LogP contribution in [0.1, 0.15) is 36.5 Å². The van der Waals surface area contributed by atoms with Gasteiger partial charge in [0, 0.05) is 22.7 Å². The Morgan fingerprint density at radius 2 is 1.91 bits per heavy atom. The van der Waals surface area contributed by atoms with Crippen molar-refractivity contribution in [3.63, 3.8) is 0 Å². The molecule has 0 aliphatic carbocycles. The Labute approximate surface area is 193 Å². The van der Waals surface area contributed by atoms with E-state index in [0.717, 1.165) is 29.5 Å². The van der Waals surface area contributed by atoms with Crippen LogP contribution in [0.2, 0.25) is 5.02 Å². The van der Waals surface area contributed by atoms with E-state index in [2.05, 4.69) is 11.9 Å². The Kier molecular flexibility index (Phi) is 8.70. The van der Waals surface area contributed by atoms with Crippen LogP contribution < -0.4 is 9.47 Å². The maximum Gasteiger partial charge on any atom is 0.330 e. The van der Waals surface area contributed by atoms with Crippen molar-refractivity contribution >= 4 is 23.6 Å². The van der Waals surface area contributed by atoms with Gasteiger partial charge in [0.05, 0.1) is 12.8 Å². The molecule has 0 unspecified atom stereocenters. The predicted molar refractivity (Wildman–Crippen MR) is 126 cm³/mol. The van der Waals surface area contributed by atoms with Gasteiger partial charge in [0.15, 0.2) is 0 Å². The summed E-state index contributed by atoms with van der Waals surface area (Å²) in [5.41, 5.74) is 2.80. The van der Waals surface area contributed by atoms with Gasteiger partial charge in [-0.25, -0.2) is 9.78 Å². The van der Waals surface area contributed by atoms with Gasteiger partial charge < -0.3 is 14.2 Å². The minimum absolute atomic E-state index is 0.334. The van der Waals surface area contributed by atoms with E-state index >= 15 is 0 Å². The minimum atomic E-state index is -0.334. The Balaban J connectivity index is 1.55. The van der Waals surface area contributed by atoms with Gasteiger partial charge >= 0.3 is 5.97 Å². The van der Waals surface area contributed by atoms with Crippen LogP contribution in [0.5, 0.6) is 17.4 Å². The number of rotatable bonds is 10. The number of pyridine rings is 1. The Bertz CT molecular complexity index is 1060. The molecule has 1 aromatic heterocycles. The molecule has 0 aliphatic heterocycles. The molecule has 0 saturated heterocycles. The molecule has 0 aliphatic rings. The highest BCUT2D eigenvalue weighted by Crippen LogP contribution is 2.25. The lowest BCUT2D eigenvalue weighted by Gasteiger charge is -2.10. The summed E-state index contributed by atoms with van der Waals surface area (Å²) < 4.78 is 16.7. The van der Waals surface area contributed by atoms with Crippen molar-refractivity contribution in [2.75, 3.05) is 6.61 Å². The van der Waals surface area contributed by atoms with Crippen LogP contribution in [-0.4, -0.2) is 17.6 Å². The summed E-state index contributed by atoms with van der Waals surface area (Å²) in [7, 11) is 0. The molecular formula is C26H26ClNO4. The molecule has 2 aromatic carbocycles. The van der Waals surface area contributed by atoms with Gasteiger partial charge in [-0.2, -0.15) is 0 Å². The van der Waals surface area contributed by atoms with Crippen molar-refractivity contribution in [2.45, 2.75) is 33.3 Å². The minimum Gasteiger partial charge on any atom is -0.487 e. The molecule has 5 nitrogen and oxygen atoms in total. The second-order valence-electron chi connectivity index (χ2n) is 7.19. The highest BCUT2D eigenvalue weighted by atomic mass is 35.5. The standard InChI is InChI=1S/C26H26ClNO4/c1-3-4-15-30-26(29)14-10-20-9-11-22(16-19(20)2)32-25-13-12-23(17-28-25)31-18-21-7-5-6-8-24(21)27/h5-14,16-17H,3-4,15,18H2,1-2H3. The Morgan fingerprint density at radius 1 is 1.09 bits per heavy atom. The number of hydrogen-bond acceptors (Lipinski definition) is 5. The van der Waals surface area contributed by atoms with Crippen molar-refractivity contribution < 1.29 is 19.0 Å². The second-order valence-corrected chi connectivity index (χ2v) is 7.59. The van der Waals surface area contributed by atoms with Crippen molar-refractivity contribution in [1.29, 1.82) is 0 Å². The van der Waals surface area contributed by atoms with Crippen LogP contribution in [0.15, 0.2) is 66.9 Å². The maximum atomic E-state index is 11.7. The average Bonchev–Trinajstić information content (AvgIpc) is 2.79. The molecule has 32 heavy (non-hydrogen) atoms. The number of benzene rings is 2. The summed E-state index contributed by atoms with van der Waals surface area (Å²) in [6.07, 6.45) is 6.66. The fourth-order valence-electron chi connectivity index (χ4n) is 2.83. The number of halogens is 1. The number of nitrogens with zero attached hydrogens (tertiary/aromatic N) is 1. The zero-order chi connectivity index (χ0) is 22.8. The number of hydrogen-bond donors (Lipinski definition) is 0. The first-order chi connectivity index (χ1) is 15.5. The monoisotopic (exact) mass is 451 g/mol. The van der Waals surface area contributed by atoms with Gasteiger partial charge in [-0.05, 0) is 54.8 Å². The van der Waals surface area contributed by atoms with E-state index in [9.17, 15) is 4.79 Å². The summed E-state index contributed by atoms with van der Waals surface area (Å²) in [6.45, 7) is 4.81. The number of aryl methyl sites for hydroxylation is 1. The molecule has 0 spiro atoms. The lowest BCUT2D eigenvalue weighted by molar-refractivity contribution is -0.137. The zero-order valence-electron chi connectivity index (χ0n) is 18.2. The van der Waals surface area contributed by atoms with Gasteiger partial charge in [-0.1, -0.05) is 49.2 Å². The van der Waals surface area contributed by atoms with E-state index in [-0.39, 0.29) is 5.97 Å². The van der Waals surface area contributed by atoms with Crippen LogP contribution in [0.4, 0.5) is 0 Å². The molecular weight excluding hydrogens is 426 g/mol. The molecule has 1 heterocycles. The lowest BCUT2D eigenvalue weighted by Crippen LogP contribution is -2.01. The smallest absolute Gasteiger partial charge is 0.330 e. The molecule has 0 N–H and O–H groups in total. The van der Waals surface area contributed by atoms with Crippen LogP contribution in [-0.2, 0) is 16.1 Å². The van der Waals surface area contributed by atoms with E-state index in [1.165, 1.54) is 6.08 Å². The van der Waals surface area contributed by atoms with Crippen molar-refractivity contribution in [3.8, 4) is 17.4 Å². The van der Waals surface area contributed by atoms with Crippen LogP contribution in [0.3, 0.4) is 0 Å². The molecule has 0 fully saturated rings. The molecule has 0 bridgehead atoms. The molecule has 0 atom stereocenters. The molecule has 3 aromatic rings. The number of ether oxygens (including phenoxy) is 3. The van der Waals surface area contributed by atoms with E-state index in [1.54, 1.807) is 24.4 Å². The van der Waals surface area contributed by atoms with E-state index in [0.29, 0.717) is 35.6 Å². The van der Waals surface area contributed by atoms with E-state index in [1.807, 2.05) is 49.4 Å². The third-order valence-electron chi connectivity index (χ3n) is 4.67. The highest BCUT2D eigenvalue weighted by molar-refractivity contribution is 6.31. The van der Waals surface area contributed by atoms with Gasteiger partial charge in [-0.15, -0.1) is 0 Å². The van der Waals surface area contributed by atoms with Crippen LogP contribution >= 0.6 is 11.6 Å². The average molecular weight is 452 g/mol. The predicted octanol–water partition coefficient (Wildman–Crippen LogP) is 6.77. The fraction of sp³-hybridized carbons (Fsp3) is 0.231. The van der Waals surface area contributed by atoms with Crippen molar-refractivity contribution in [3.05, 3.63) is 88.6 Å². The second kappa shape index (κ2) is 11.9. The number of unbranched alkanes of at least 4 members (excludes halogenated alkanes) is 1. The van der Waals surface area contributed by atoms with Crippen molar-refractivity contribution in [2.24, 2.45) is 0 Å². The van der Waals surface area contributed by atoms with E-state index in [4.69, 9.17) is 25.8 Å². The first-order valence-electron chi connectivity index (χ1n) is 10.5. The molecule has 166 valence electrons. The maximum absolute atomic E-state index is 11.7. The summed E-state index contributed by atoms with van der Waals surface area (Å²) in [5, 5.41) is 0.669. The third-order valence-corrected chi connectivity index (χ3v) is 5.03. The molecule has 6 heteroatoms. The molecule has 0 radical (unpaired) electrons. The van der Waals surface area contributed by atoms with Crippen LogP contribution in [0.25, 0.3) is 6.08 Å². The quantitative estimate of drug-likeness (QED) is 0.193. The van der Waals surface area contributed by atoms with Crippen molar-refractivity contribution in [1.82, 2.24) is 4.98 Å². The number of esters is 1. The van der Waals surface area contributed by atoms with Gasteiger partial charge in [0.1, 0.15) is 18.1 Å². The Hall–Kier alpha value is -3.31. The Morgan fingerprint density at radius 3 is 2.62 bits per heavy atom. The number of carbonyl (C=O) groups excluding carboxylic acids is 1. The SMILES string of the molecule is CCCCOC(=O)C=Cc1ccc(Oc2ccc(OCc3ccccc3Cl)cn2)cc1C. The van der Waals surface area contributed by atoms with Gasteiger partial charge in [0.2, 0.25) is 5.88 Å².